The summed E-state index contributed by atoms with van der Waals surface area (Å²) in [5.74, 6) is 1.17. The van der Waals surface area contributed by atoms with Gasteiger partial charge in [-0.05, 0) is 44.4 Å². The van der Waals surface area contributed by atoms with E-state index in [0.717, 1.165) is 29.8 Å². The van der Waals surface area contributed by atoms with Gasteiger partial charge < -0.3 is 15.2 Å². The number of benzene rings is 1. The molecule has 0 aliphatic carbocycles. The molecule has 1 fully saturated rings. The summed E-state index contributed by atoms with van der Waals surface area (Å²) in [6.45, 7) is 3.00. The first-order valence-corrected chi connectivity index (χ1v) is 5.81. The topological polar surface area (TPSA) is 41.5 Å². The zero-order valence-electron chi connectivity index (χ0n) is 9.92. The molecule has 1 aliphatic heterocycles. The second-order valence-electron chi connectivity index (χ2n) is 4.41. The number of hydrogen-bond acceptors (Lipinski definition) is 3. The minimum Gasteiger partial charge on any atom is -0.507 e. The predicted octanol–water partition coefficient (Wildman–Crippen LogP) is 2.00. The van der Waals surface area contributed by atoms with Crippen molar-refractivity contribution in [1.29, 1.82) is 0 Å². The second kappa shape index (κ2) is 4.74. The number of nitrogens with one attached hydrogen (secondary N) is 1. The van der Waals surface area contributed by atoms with E-state index < -0.39 is 0 Å². The van der Waals surface area contributed by atoms with Gasteiger partial charge in [0.25, 0.3) is 0 Å². The maximum Gasteiger partial charge on any atom is 0.125 e. The van der Waals surface area contributed by atoms with Crippen molar-refractivity contribution in [3.8, 4) is 11.5 Å². The lowest BCUT2D eigenvalue weighted by Gasteiger charge is -2.16. The van der Waals surface area contributed by atoms with Crippen LogP contribution in [-0.4, -0.2) is 24.8 Å². The van der Waals surface area contributed by atoms with Gasteiger partial charge in [0.15, 0.2) is 0 Å². The van der Waals surface area contributed by atoms with Crippen LogP contribution < -0.4 is 10.1 Å². The van der Waals surface area contributed by atoms with Crippen LogP contribution in [0, 0.1) is 6.92 Å². The predicted molar refractivity (Wildman–Crippen MR) is 64.1 cm³/mol. The molecule has 0 amide bonds. The van der Waals surface area contributed by atoms with Crippen molar-refractivity contribution >= 4 is 0 Å². The third-order valence-electron chi connectivity index (χ3n) is 3.27. The highest BCUT2D eigenvalue weighted by molar-refractivity contribution is 5.49. The molecule has 2 rings (SSSR count). The van der Waals surface area contributed by atoms with Gasteiger partial charge in [0, 0.05) is 11.6 Å². The van der Waals surface area contributed by atoms with Crippen LogP contribution in [0.3, 0.4) is 0 Å². The average molecular weight is 221 g/mol. The van der Waals surface area contributed by atoms with Crippen molar-refractivity contribution in [3.05, 3.63) is 23.3 Å². The van der Waals surface area contributed by atoms with E-state index in [9.17, 15) is 5.11 Å². The lowest BCUT2D eigenvalue weighted by Crippen LogP contribution is -2.24. The van der Waals surface area contributed by atoms with Gasteiger partial charge in [0.05, 0.1) is 7.11 Å². The molecule has 0 spiro atoms. The highest BCUT2D eigenvalue weighted by atomic mass is 16.5. The van der Waals surface area contributed by atoms with Crippen LogP contribution in [0.5, 0.6) is 11.5 Å². The lowest BCUT2D eigenvalue weighted by molar-refractivity contribution is 0.394. The van der Waals surface area contributed by atoms with E-state index in [4.69, 9.17) is 4.74 Å². The van der Waals surface area contributed by atoms with Crippen molar-refractivity contribution in [2.45, 2.75) is 32.2 Å². The monoisotopic (exact) mass is 221 g/mol. The summed E-state index contributed by atoms with van der Waals surface area (Å²) < 4.78 is 5.30. The number of aryl methyl sites for hydroxylation is 1. The Labute approximate surface area is 96.4 Å². The van der Waals surface area contributed by atoms with Crippen molar-refractivity contribution in [1.82, 2.24) is 5.32 Å². The Bertz CT molecular complexity index is 370. The van der Waals surface area contributed by atoms with Crippen molar-refractivity contribution in [2.75, 3.05) is 13.7 Å². The molecule has 1 heterocycles. The molecular weight excluding hydrogens is 202 g/mol. The Morgan fingerprint density at radius 1 is 1.50 bits per heavy atom. The second-order valence-corrected chi connectivity index (χ2v) is 4.41. The Morgan fingerprint density at radius 2 is 2.31 bits per heavy atom. The molecule has 1 aliphatic rings. The molecular formula is C13H19NO2. The van der Waals surface area contributed by atoms with E-state index in [0.29, 0.717) is 11.8 Å². The Balaban J connectivity index is 2.25. The fourth-order valence-corrected chi connectivity index (χ4v) is 2.30. The van der Waals surface area contributed by atoms with Crippen LogP contribution in [-0.2, 0) is 6.42 Å². The molecule has 2 N–H and O–H groups in total. The number of ether oxygens (including phenoxy) is 1. The number of phenolic OH excluding ortho intramolecular Hbond substituents is 1. The largest absolute Gasteiger partial charge is 0.507 e. The molecule has 1 aromatic rings. The third-order valence-corrected chi connectivity index (χ3v) is 3.27. The van der Waals surface area contributed by atoms with Gasteiger partial charge in [-0.15, -0.1) is 0 Å². The first-order chi connectivity index (χ1) is 7.72. The third kappa shape index (κ3) is 2.14. The Kier molecular flexibility index (Phi) is 3.34. The van der Waals surface area contributed by atoms with Crippen LogP contribution >= 0.6 is 0 Å². The summed E-state index contributed by atoms with van der Waals surface area (Å²) in [6.07, 6.45) is 3.24. The summed E-state index contributed by atoms with van der Waals surface area (Å²) in [6, 6.07) is 4.29. The van der Waals surface area contributed by atoms with Crippen LogP contribution in [0.1, 0.15) is 24.0 Å². The van der Waals surface area contributed by atoms with E-state index in [1.54, 1.807) is 7.11 Å². The molecule has 16 heavy (non-hydrogen) atoms. The van der Waals surface area contributed by atoms with Gasteiger partial charge in [0.2, 0.25) is 0 Å². The molecule has 1 unspecified atom stereocenters. The van der Waals surface area contributed by atoms with Crippen molar-refractivity contribution < 1.29 is 9.84 Å². The molecule has 0 saturated carbocycles. The van der Waals surface area contributed by atoms with E-state index in [-0.39, 0.29) is 0 Å². The van der Waals surface area contributed by atoms with Crippen LogP contribution in [0.15, 0.2) is 12.1 Å². The summed E-state index contributed by atoms with van der Waals surface area (Å²) in [5, 5.41) is 13.5. The van der Waals surface area contributed by atoms with Gasteiger partial charge in [-0.1, -0.05) is 6.07 Å². The minimum atomic E-state index is 0.382. The zero-order valence-corrected chi connectivity index (χ0v) is 9.92. The molecule has 0 radical (unpaired) electrons. The smallest absolute Gasteiger partial charge is 0.125 e. The first kappa shape index (κ1) is 11.3. The van der Waals surface area contributed by atoms with E-state index in [1.807, 2.05) is 19.1 Å². The number of hydrogen-bond donors (Lipinski definition) is 2. The molecule has 3 nitrogen and oxygen atoms in total. The Morgan fingerprint density at radius 3 is 2.94 bits per heavy atom. The Hall–Kier alpha value is -1.22. The van der Waals surface area contributed by atoms with E-state index >= 15 is 0 Å². The van der Waals surface area contributed by atoms with E-state index in [1.165, 1.54) is 12.8 Å². The molecule has 0 bridgehead atoms. The zero-order chi connectivity index (χ0) is 11.5. The normalized spacial score (nSPS) is 20.0. The summed E-state index contributed by atoms with van der Waals surface area (Å²) in [5.41, 5.74) is 1.84. The molecule has 1 saturated heterocycles. The molecule has 0 aromatic heterocycles. The van der Waals surface area contributed by atoms with Gasteiger partial charge in [-0.2, -0.15) is 0 Å². The highest BCUT2D eigenvalue weighted by Gasteiger charge is 2.19. The van der Waals surface area contributed by atoms with Gasteiger partial charge >= 0.3 is 0 Å². The molecule has 1 atom stereocenters. The SMILES string of the molecule is COc1ccc(C)c(O)c1CC1CCCN1. The highest BCUT2D eigenvalue weighted by Crippen LogP contribution is 2.32. The van der Waals surface area contributed by atoms with Crippen LogP contribution in [0.25, 0.3) is 0 Å². The molecule has 3 heteroatoms. The lowest BCUT2D eigenvalue weighted by atomic mass is 10.0. The summed E-state index contributed by atoms with van der Waals surface area (Å²) in [7, 11) is 1.65. The van der Waals surface area contributed by atoms with E-state index in [2.05, 4.69) is 5.32 Å². The molecule has 1 aromatic carbocycles. The minimum absolute atomic E-state index is 0.382. The number of methoxy groups -OCH3 is 1. The van der Waals surface area contributed by atoms with Crippen LogP contribution in [0.4, 0.5) is 0 Å². The van der Waals surface area contributed by atoms with Gasteiger partial charge in [-0.25, -0.2) is 0 Å². The van der Waals surface area contributed by atoms with Crippen molar-refractivity contribution in [3.63, 3.8) is 0 Å². The number of aromatic hydroxyl groups is 1. The maximum absolute atomic E-state index is 10.1. The number of rotatable bonds is 3. The van der Waals surface area contributed by atoms with Crippen molar-refractivity contribution in [2.24, 2.45) is 0 Å². The average Bonchev–Trinajstić information content (AvgIpc) is 2.78. The molecule has 88 valence electrons. The quantitative estimate of drug-likeness (QED) is 0.820. The van der Waals surface area contributed by atoms with Crippen LogP contribution in [0.2, 0.25) is 0 Å². The summed E-state index contributed by atoms with van der Waals surface area (Å²) in [4.78, 5) is 0. The van der Waals surface area contributed by atoms with Gasteiger partial charge in [-0.3, -0.25) is 0 Å². The fraction of sp³-hybridized carbons (Fsp3) is 0.538. The number of phenols is 1. The summed E-state index contributed by atoms with van der Waals surface area (Å²) >= 11 is 0. The maximum atomic E-state index is 10.1. The fourth-order valence-electron chi connectivity index (χ4n) is 2.30. The van der Waals surface area contributed by atoms with Gasteiger partial charge in [0.1, 0.15) is 11.5 Å². The standard InChI is InChI=1S/C13H19NO2/c1-9-5-6-12(16-2)11(13(9)15)8-10-4-3-7-14-10/h5-6,10,14-15H,3-4,7-8H2,1-2H3. The first-order valence-electron chi connectivity index (χ1n) is 5.81.